The minimum absolute atomic E-state index is 0.140. The van der Waals surface area contributed by atoms with Crippen LogP contribution in [0, 0.1) is 0 Å². The largest absolute Gasteiger partial charge is 0.391 e. The Bertz CT molecular complexity index is 327. The molecule has 2 aliphatic rings. The molecule has 128 valence electrons. The fourth-order valence-electron chi connectivity index (χ4n) is 3.91. The lowest BCUT2D eigenvalue weighted by atomic mass is 9.89. The molecule has 1 amide bonds. The lowest BCUT2D eigenvalue weighted by Gasteiger charge is -2.41. The molecule has 1 heterocycles. The summed E-state index contributed by atoms with van der Waals surface area (Å²) in [6.07, 6.45) is 11.7. The van der Waals surface area contributed by atoms with Gasteiger partial charge in [-0.05, 0) is 32.1 Å². The van der Waals surface area contributed by atoms with E-state index in [2.05, 4.69) is 17.1 Å². The number of hydrogen-bond donors (Lipinski definition) is 2. The Labute approximate surface area is 135 Å². The van der Waals surface area contributed by atoms with Crippen molar-refractivity contribution >= 4 is 5.91 Å². The molecule has 2 fully saturated rings. The molecule has 0 radical (unpaired) electrons. The van der Waals surface area contributed by atoms with Gasteiger partial charge in [-0.25, -0.2) is 0 Å². The second-order valence-corrected chi connectivity index (χ2v) is 7.11. The molecule has 0 spiro atoms. The van der Waals surface area contributed by atoms with E-state index < -0.39 is 0 Å². The van der Waals surface area contributed by atoms with Crippen LogP contribution in [0.2, 0.25) is 0 Å². The van der Waals surface area contributed by atoms with Gasteiger partial charge < -0.3 is 10.4 Å². The fraction of sp³-hybridized carbons (Fsp3) is 0.944. The summed E-state index contributed by atoms with van der Waals surface area (Å²) in [6, 6.07) is 0.704. The first-order chi connectivity index (χ1) is 10.7. The van der Waals surface area contributed by atoms with Crippen molar-refractivity contribution in [2.24, 2.45) is 0 Å². The minimum atomic E-state index is -0.140. The molecule has 0 bridgehead atoms. The Balaban J connectivity index is 1.63. The maximum Gasteiger partial charge on any atom is 0.220 e. The zero-order valence-corrected chi connectivity index (χ0v) is 14.2. The van der Waals surface area contributed by atoms with Gasteiger partial charge in [0.05, 0.1) is 6.10 Å². The molecular formula is C18H34N2O2. The summed E-state index contributed by atoms with van der Waals surface area (Å²) in [4.78, 5) is 14.4. The van der Waals surface area contributed by atoms with Gasteiger partial charge in [-0.15, -0.1) is 0 Å². The van der Waals surface area contributed by atoms with Crippen LogP contribution in [0.3, 0.4) is 0 Å². The Morgan fingerprint density at radius 3 is 2.50 bits per heavy atom. The number of carbonyl (C=O) groups excluding carboxylic acids is 1. The molecule has 0 aromatic heterocycles. The quantitative estimate of drug-likeness (QED) is 0.711. The molecule has 1 aliphatic heterocycles. The second-order valence-electron chi connectivity index (χ2n) is 7.11. The summed E-state index contributed by atoms with van der Waals surface area (Å²) >= 11 is 0. The average molecular weight is 310 g/mol. The molecule has 1 saturated carbocycles. The fourth-order valence-corrected chi connectivity index (χ4v) is 3.91. The smallest absolute Gasteiger partial charge is 0.220 e. The van der Waals surface area contributed by atoms with Crippen LogP contribution in [-0.4, -0.2) is 47.2 Å². The first-order valence-electron chi connectivity index (χ1n) is 9.42. The second kappa shape index (κ2) is 9.51. The van der Waals surface area contributed by atoms with Crippen LogP contribution in [0.5, 0.6) is 0 Å². The van der Waals surface area contributed by atoms with Crippen molar-refractivity contribution in [3.63, 3.8) is 0 Å². The highest BCUT2D eigenvalue weighted by atomic mass is 16.3. The Morgan fingerprint density at radius 2 is 1.82 bits per heavy atom. The van der Waals surface area contributed by atoms with Gasteiger partial charge in [0.2, 0.25) is 5.91 Å². The maximum absolute atomic E-state index is 11.9. The highest BCUT2D eigenvalue weighted by Gasteiger charge is 2.31. The third-order valence-electron chi connectivity index (χ3n) is 5.32. The number of amides is 1. The summed E-state index contributed by atoms with van der Waals surface area (Å²) < 4.78 is 0. The number of aliphatic hydroxyl groups excluding tert-OH is 1. The number of nitrogens with zero attached hydrogens (tertiary/aromatic N) is 1. The maximum atomic E-state index is 11.9. The first-order valence-corrected chi connectivity index (χ1v) is 9.42. The third-order valence-corrected chi connectivity index (χ3v) is 5.32. The molecule has 2 rings (SSSR count). The van der Waals surface area contributed by atoms with Crippen LogP contribution < -0.4 is 5.32 Å². The zero-order chi connectivity index (χ0) is 15.8. The van der Waals surface area contributed by atoms with Crippen molar-refractivity contribution in [2.45, 2.75) is 95.7 Å². The number of aliphatic hydroxyl groups is 1. The van der Waals surface area contributed by atoms with E-state index in [0.717, 1.165) is 45.2 Å². The number of piperidine rings is 1. The number of hydrogen-bond acceptors (Lipinski definition) is 3. The summed E-state index contributed by atoms with van der Waals surface area (Å²) in [5.41, 5.74) is 0. The summed E-state index contributed by atoms with van der Waals surface area (Å²) in [7, 11) is 0. The predicted molar refractivity (Wildman–Crippen MR) is 89.8 cm³/mol. The van der Waals surface area contributed by atoms with Crippen molar-refractivity contribution in [1.29, 1.82) is 0 Å². The zero-order valence-electron chi connectivity index (χ0n) is 14.2. The van der Waals surface area contributed by atoms with Gasteiger partial charge in [0.15, 0.2) is 0 Å². The van der Waals surface area contributed by atoms with Crippen LogP contribution in [0.1, 0.15) is 77.6 Å². The predicted octanol–water partition coefficient (Wildman–Crippen LogP) is 2.84. The molecule has 2 atom stereocenters. The Kier molecular flexibility index (Phi) is 7.67. The Hall–Kier alpha value is -0.610. The molecule has 1 saturated heterocycles. The number of rotatable bonds is 7. The van der Waals surface area contributed by atoms with Gasteiger partial charge in [0.25, 0.3) is 0 Å². The van der Waals surface area contributed by atoms with Gasteiger partial charge >= 0.3 is 0 Å². The molecule has 4 nitrogen and oxygen atoms in total. The van der Waals surface area contributed by atoms with E-state index in [1.807, 2.05) is 0 Å². The normalized spacial score (nSPS) is 27.7. The monoisotopic (exact) mass is 310 g/mol. The van der Waals surface area contributed by atoms with E-state index in [1.54, 1.807) is 0 Å². The number of carbonyl (C=O) groups is 1. The summed E-state index contributed by atoms with van der Waals surface area (Å²) in [6.45, 7) is 4.22. The van der Waals surface area contributed by atoms with E-state index in [-0.39, 0.29) is 12.0 Å². The SMILES string of the molecule is CCCCCCC(=O)NC1CCN(C2CCCCC2O)CC1. The Morgan fingerprint density at radius 1 is 1.09 bits per heavy atom. The average Bonchev–Trinajstić information content (AvgIpc) is 2.53. The number of unbranched alkanes of at least 4 members (excludes halogenated alkanes) is 3. The van der Waals surface area contributed by atoms with E-state index >= 15 is 0 Å². The molecular weight excluding hydrogens is 276 g/mol. The van der Waals surface area contributed by atoms with Gasteiger partial charge in [0.1, 0.15) is 0 Å². The van der Waals surface area contributed by atoms with E-state index in [1.165, 1.54) is 32.1 Å². The molecule has 2 N–H and O–H groups in total. The van der Waals surface area contributed by atoms with Gasteiger partial charge in [-0.2, -0.15) is 0 Å². The molecule has 1 aliphatic carbocycles. The van der Waals surface area contributed by atoms with Crippen molar-refractivity contribution < 1.29 is 9.90 Å². The standard InChI is InChI=1S/C18H34N2O2/c1-2-3-4-5-10-18(22)19-15-11-13-20(14-12-15)16-8-6-7-9-17(16)21/h15-17,21H,2-14H2,1H3,(H,19,22). The third kappa shape index (κ3) is 5.54. The summed E-state index contributed by atoms with van der Waals surface area (Å²) in [5.74, 6) is 0.229. The number of nitrogens with one attached hydrogen (secondary N) is 1. The molecule has 0 aromatic rings. The lowest BCUT2D eigenvalue weighted by Crippen LogP contribution is -2.52. The molecule has 0 aromatic carbocycles. The highest BCUT2D eigenvalue weighted by Crippen LogP contribution is 2.25. The minimum Gasteiger partial charge on any atom is -0.391 e. The van der Waals surface area contributed by atoms with Crippen LogP contribution in [0.4, 0.5) is 0 Å². The molecule has 22 heavy (non-hydrogen) atoms. The topological polar surface area (TPSA) is 52.6 Å². The van der Waals surface area contributed by atoms with E-state index in [9.17, 15) is 9.90 Å². The van der Waals surface area contributed by atoms with E-state index in [4.69, 9.17) is 0 Å². The lowest BCUT2D eigenvalue weighted by molar-refractivity contribution is -0.122. The van der Waals surface area contributed by atoms with Gasteiger partial charge in [0, 0.05) is 31.6 Å². The number of likely N-dealkylation sites (tertiary alicyclic amines) is 1. The van der Waals surface area contributed by atoms with Crippen molar-refractivity contribution in [1.82, 2.24) is 10.2 Å². The summed E-state index contributed by atoms with van der Waals surface area (Å²) in [5, 5.41) is 13.4. The van der Waals surface area contributed by atoms with E-state index in [0.29, 0.717) is 18.5 Å². The van der Waals surface area contributed by atoms with Crippen LogP contribution in [0.25, 0.3) is 0 Å². The first kappa shape index (κ1) is 17.7. The molecule has 2 unspecified atom stereocenters. The van der Waals surface area contributed by atoms with Crippen LogP contribution in [-0.2, 0) is 4.79 Å². The van der Waals surface area contributed by atoms with Gasteiger partial charge in [-0.1, -0.05) is 39.0 Å². The van der Waals surface area contributed by atoms with Gasteiger partial charge in [-0.3, -0.25) is 9.69 Å². The van der Waals surface area contributed by atoms with Crippen LogP contribution in [0.15, 0.2) is 0 Å². The molecule has 4 heteroatoms. The van der Waals surface area contributed by atoms with Crippen molar-refractivity contribution in [3.05, 3.63) is 0 Å². The highest BCUT2D eigenvalue weighted by molar-refractivity contribution is 5.76. The van der Waals surface area contributed by atoms with Crippen molar-refractivity contribution in [2.75, 3.05) is 13.1 Å². The van der Waals surface area contributed by atoms with Crippen LogP contribution >= 0.6 is 0 Å². The van der Waals surface area contributed by atoms with Crippen molar-refractivity contribution in [3.8, 4) is 0 Å².